The van der Waals surface area contributed by atoms with Gasteiger partial charge in [0, 0.05) is 37.4 Å². The highest BCUT2D eigenvalue weighted by atomic mass is 16.5. The van der Waals surface area contributed by atoms with Crippen molar-refractivity contribution in [1.29, 1.82) is 0 Å². The maximum atomic E-state index is 13.1. The van der Waals surface area contributed by atoms with Gasteiger partial charge in [0.05, 0.1) is 18.8 Å². The standard InChI is InChI=1S/C20H25N5O3/c1-13(26)21-15-5-3-14(4-6-15)20(27)25-17-7-8-18(25)10-19(9-17)24-11-16(12-28-2)22-23-24/h3-6,11,17-19H,7-10,12H2,1-2H3,(H,21,26). The largest absolute Gasteiger partial charge is 0.378 e. The second-order valence-corrected chi connectivity index (χ2v) is 7.60. The predicted octanol–water partition coefficient (Wildman–Crippen LogP) is 2.39. The van der Waals surface area contributed by atoms with Crippen LogP contribution in [0.15, 0.2) is 30.5 Å². The van der Waals surface area contributed by atoms with Crippen LogP contribution < -0.4 is 5.32 Å². The van der Waals surface area contributed by atoms with E-state index in [-0.39, 0.29) is 29.9 Å². The molecule has 2 bridgehead atoms. The highest BCUT2D eigenvalue weighted by Gasteiger charge is 2.44. The number of nitrogens with zero attached hydrogens (tertiary/aromatic N) is 4. The lowest BCUT2D eigenvalue weighted by Gasteiger charge is -2.39. The van der Waals surface area contributed by atoms with E-state index >= 15 is 0 Å². The summed E-state index contributed by atoms with van der Waals surface area (Å²) in [5.41, 5.74) is 2.18. The van der Waals surface area contributed by atoms with Gasteiger partial charge in [-0.25, -0.2) is 4.68 Å². The zero-order valence-electron chi connectivity index (χ0n) is 16.2. The Morgan fingerprint density at radius 1 is 1.14 bits per heavy atom. The van der Waals surface area contributed by atoms with Crippen molar-refractivity contribution in [3.63, 3.8) is 0 Å². The first-order chi connectivity index (χ1) is 13.5. The number of hydrogen-bond acceptors (Lipinski definition) is 5. The number of hydrogen-bond donors (Lipinski definition) is 1. The second-order valence-electron chi connectivity index (χ2n) is 7.60. The molecule has 148 valence electrons. The van der Waals surface area contributed by atoms with Gasteiger partial charge in [0.15, 0.2) is 0 Å². The number of carbonyl (C=O) groups excluding carboxylic acids is 2. The number of piperidine rings is 1. The van der Waals surface area contributed by atoms with Gasteiger partial charge in [-0.05, 0) is 49.9 Å². The number of carbonyl (C=O) groups is 2. The minimum atomic E-state index is -0.124. The molecule has 8 heteroatoms. The molecule has 2 atom stereocenters. The molecular weight excluding hydrogens is 358 g/mol. The highest BCUT2D eigenvalue weighted by molar-refractivity contribution is 5.96. The van der Waals surface area contributed by atoms with E-state index in [4.69, 9.17) is 4.74 Å². The molecule has 0 aliphatic carbocycles. The number of nitrogens with one attached hydrogen (secondary N) is 1. The predicted molar refractivity (Wildman–Crippen MR) is 103 cm³/mol. The fraction of sp³-hybridized carbons (Fsp3) is 0.500. The molecule has 2 amide bonds. The summed E-state index contributed by atoms with van der Waals surface area (Å²) in [6.45, 7) is 1.92. The SMILES string of the molecule is COCc1cn(C2CC3CCC(C2)N3C(=O)c2ccc(NC(C)=O)cc2)nn1. The van der Waals surface area contributed by atoms with E-state index in [0.717, 1.165) is 31.4 Å². The normalized spacial score (nSPS) is 23.6. The van der Waals surface area contributed by atoms with Gasteiger partial charge in [-0.15, -0.1) is 5.10 Å². The Morgan fingerprint density at radius 3 is 2.43 bits per heavy atom. The smallest absolute Gasteiger partial charge is 0.254 e. The van der Waals surface area contributed by atoms with E-state index in [1.807, 2.05) is 10.9 Å². The third kappa shape index (κ3) is 3.64. The molecule has 2 fully saturated rings. The van der Waals surface area contributed by atoms with Crippen molar-refractivity contribution in [3.05, 3.63) is 41.7 Å². The summed E-state index contributed by atoms with van der Waals surface area (Å²) in [6, 6.07) is 7.83. The summed E-state index contributed by atoms with van der Waals surface area (Å²) in [4.78, 5) is 26.3. The van der Waals surface area contributed by atoms with Crippen LogP contribution in [-0.4, -0.2) is 50.9 Å². The molecule has 0 radical (unpaired) electrons. The van der Waals surface area contributed by atoms with Gasteiger partial charge < -0.3 is 15.0 Å². The van der Waals surface area contributed by atoms with Crippen LogP contribution in [-0.2, 0) is 16.1 Å². The van der Waals surface area contributed by atoms with Crippen LogP contribution in [0.3, 0.4) is 0 Å². The topological polar surface area (TPSA) is 89.4 Å². The van der Waals surface area contributed by atoms with E-state index in [1.165, 1.54) is 6.92 Å². The van der Waals surface area contributed by atoms with Gasteiger partial charge in [0.2, 0.25) is 5.91 Å². The van der Waals surface area contributed by atoms with E-state index < -0.39 is 0 Å². The van der Waals surface area contributed by atoms with Crippen molar-refractivity contribution in [2.24, 2.45) is 0 Å². The Morgan fingerprint density at radius 2 is 1.82 bits per heavy atom. The number of fused-ring (bicyclic) bond motifs is 2. The fourth-order valence-electron chi connectivity index (χ4n) is 4.45. The molecule has 4 rings (SSSR count). The molecule has 1 N–H and O–H groups in total. The number of amides is 2. The molecule has 3 heterocycles. The molecule has 0 saturated carbocycles. The zero-order chi connectivity index (χ0) is 19.7. The van der Waals surface area contributed by atoms with Crippen LogP contribution in [0.2, 0.25) is 0 Å². The van der Waals surface area contributed by atoms with Gasteiger partial charge >= 0.3 is 0 Å². The van der Waals surface area contributed by atoms with Crippen molar-refractivity contribution in [2.45, 2.75) is 57.3 Å². The Bertz CT molecular complexity index is 849. The zero-order valence-corrected chi connectivity index (χ0v) is 16.2. The summed E-state index contributed by atoms with van der Waals surface area (Å²) in [6.07, 6.45) is 5.78. The summed E-state index contributed by atoms with van der Waals surface area (Å²) in [5.74, 6) is -0.0556. The number of methoxy groups -OCH3 is 1. The third-order valence-electron chi connectivity index (χ3n) is 5.62. The van der Waals surface area contributed by atoms with E-state index in [2.05, 4.69) is 20.5 Å². The minimum Gasteiger partial charge on any atom is -0.378 e. The van der Waals surface area contributed by atoms with Crippen molar-refractivity contribution >= 4 is 17.5 Å². The van der Waals surface area contributed by atoms with Crippen molar-refractivity contribution in [3.8, 4) is 0 Å². The maximum Gasteiger partial charge on any atom is 0.254 e. The molecule has 8 nitrogen and oxygen atoms in total. The molecule has 2 unspecified atom stereocenters. The number of anilines is 1. The molecule has 2 saturated heterocycles. The summed E-state index contributed by atoms with van der Waals surface area (Å²) >= 11 is 0. The average molecular weight is 383 g/mol. The summed E-state index contributed by atoms with van der Waals surface area (Å²) < 4.78 is 7.05. The molecule has 2 aliphatic rings. The number of benzene rings is 1. The quantitative estimate of drug-likeness (QED) is 0.856. The first-order valence-corrected chi connectivity index (χ1v) is 9.65. The average Bonchev–Trinajstić information content (AvgIpc) is 3.24. The summed E-state index contributed by atoms with van der Waals surface area (Å²) in [7, 11) is 1.64. The molecule has 2 aliphatic heterocycles. The van der Waals surface area contributed by atoms with Crippen LogP contribution in [0.25, 0.3) is 0 Å². The van der Waals surface area contributed by atoms with Crippen LogP contribution in [0.1, 0.15) is 54.7 Å². The molecule has 1 aromatic heterocycles. The van der Waals surface area contributed by atoms with Gasteiger partial charge in [-0.2, -0.15) is 0 Å². The maximum absolute atomic E-state index is 13.1. The fourth-order valence-corrected chi connectivity index (χ4v) is 4.45. The minimum absolute atomic E-state index is 0.0685. The van der Waals surface area contributed by atoms with Crippen LogP contribution in [0.4, 0.5) is 5.69 Å². The molecule has 0 spiro atoms. The van der Waals surface area contributed by atoms with E-state index in [9.17, 15) is 9.59 Å². The Labute approximate surface area is 163 Å². The monoisotopic (exact) mass is 383 g/mol. The lowest BCUT2D eigenvalue weighted by Crippen LogP contribution is -2.47. The van der Waals surface area contributed by atoms with Crippen molar-refractivity contribution in [1.82, 2.24) is 19.9 Å². The van der Waals surface area contributed by atoms with Crippen LogP contribution in [0.5, 0.6) is 0 Å². The van der Waals surface area contributed by atoms with Gasteiger partial charge in [-0.3, -0.25) is 9.59 Å². The molecular formula is C20H25N5O3. The lowest BCUT2D eigenvalue weighted by molar-refractivity contribution is -0.114. The second kappa shape index (κ2) is 7.71. The molecule has 2 aromatic rings. The summed E-state index contributed by atoms with van der Waals surface area (Å²) in [5, 5.41) is 11.2. The van der Waals surface area contributed by atoms with Crippen molar-refractivity contribution in [2.75, 3.05) is 12.4 Å². The number of ether oxygens (including phenoxy) is 1. The van der Waals surface area contributed by atoms with Gasteiger partial charge in [0.25, 0.3) is 5.91 Å². The third-order valence-corrected chi connectivity index (χ3v) is 5.62. The number of aromatic nitrogens is 3. The Kier molecular flexibility index (Phi) is 5.13. The first kappa shape index (κ1) is 18.6. The highest BCUT2D eigenvalue weighted by Crippen LogP contribution is 2.41. The molecule has 1 aromatic carbocycles. The molecule has 28 heavy (non-hydrogen) atoms. The van der Waals surface area contributed by atoms with Crippen LogP contribution >= 0.6 is 0 Å². The van der Waals surface area contributed by atoms with Crippen molar-refractivity contribution < 1.29 is 14.3 Å². The first-order valence-electron chi connectivity index (χ1n) is 9.65. The van der Waals surface area contributed by atoms with E-state index in [1.54, 1.807) is 31.4 Å². The Balaban J connectivity index is 1.45. The number of rotatable bonds is 5. The van der Waals surface area contributed by atoms with Gasteiger partial charge in [-0.1, -0.05) is 5.21 Å². The Hall–Kier alpha value is -2.74. The lowest BCUT2D eigenvalue weighted by atomic mass is 9.96. The van der Waals surface area contributed by atoms with Crippen LogP contribution in [0, 0.1) is 0 Å². The van der Waals surface area contributed by atoms with Gasteiger partial charge in [0.1, 0.15) is 5.69 Å². The van der Waals surface area contributed by atoms with E-state index in [0.29, 0.717) is 17.9 Å².